The lowest BCUT2D eigenvalue weighted by Gasteiger charge is -2.30. The van der Waals surface area contributed by atoms with Gasteiger partial charge in [0.05, 0.1) is 60.4 Å². The molecule has 1 aliphatic rings. The number of benzene rings is 2. The molecule has 0 spiro atoms. The molecule has 1 amide bonds. The van der Waals surface area contributed by atoms with Crippen LogP contribution in [0, 0.1) is 6.92 Å². The smallest absolute Gasteiger partial charge is 0.407 e. The van der Waals surface area contributed by atoms with Gasteiger partial charge in [0.15, 0.2) is 0 Å². The summed E-state index contributed by atoms with van der Waals surface area (Å²) in [4.78, 5) is 26.7. The van der Waals surface area contributed by atoms with Crippen LogP contribution in [0.15, 0.2) is 48.9 Å². The number of halogens is 1. The van der Waals surface area contributed by atoms with Crippen molar-refractivity contribution >= 4 is 47.8 Å². The molecule has 12 nitrogen and oxygen atoms in total. The number of fused-ring (bicyclic) bond motifs is 2. The summed E-state index contributed by atoms with van der Waals surface area (Å²) in [5.41, 5.74) is 4.27. The molecule has 236 valence electrons. The van der Waals surface area contributed by atoms with Crippen LogP contribution in [0.1, 0.15) is 5.82 Å². The van der Waals surface area contributed by atoms with Crippen LogP contribution in [0.5, 0.6) is 11.5 Å². The number of aromatic nitrogens is 6. The van der Waals surface area contributed by atoms with Crippen molar-refractivity contribution in [3.8, 4) is 22.8 Å². The lowest BCUT2D eigenvalue weighted by molar-refractivity contribution is -0.0307. The van der Waals surface area contributed by atoms with Crippen LogP contribution in [0.3, 0.4) is 0 Å². The maximum atomic E-state index is 11.3. The average molecular weight is 650 g/mol. The molecule has 6 rings (SSSR count). The fourth-order valence-electron chi connectivity index (χ4n) is 5.16. The molecule has 2 aromatic carbocycles. The molecule has 45 heavy (non-hydrogen) atoms. The van der Waals surface area contributed by atoms with Crippen molar-refractivity contribution in [2.24, 2.45) is 0 Å². The van der Waals surface area contributed by atoms with Gasteiger partial charge in [0, 0.05) is 39.1 Å². The van der Waals surface area contributed by atoms with Gasteiger partial charge in [-0.05, 0) is 37.2 Å². The molecule has 1 fully saturated rings. The van der Waals surface area contributed by atoms with Gasteiger partial charge in [-0.15, -0.1) is 0 Å². The lowest BCUT2D eigenvalue weighted by Crippen LogP contribution is -2.46. The summed E-state index contributed by atoms with van der Waals surface area (Å²) >= 11 is 6.85. The van der Waals surface area contributed by atoms with Gasteiger partial charge in [-0.3, -0.25) is 9.67 Å². The standard InChI is InChI=1S/C31H36ClN7O5Si/c1-20-35-24-6-5-22(13-27(24)39(20)19-42-11-12-45(2,3)4)44-28-8-7-25-30(29(28)32)36-26(15-33-25)21-14-34-38(16-21)18-23-17-37(31(40)41)9-10-43-23/h5-8,13-16,23H,9-12,17-19H2,1-4H3,(H,40,41). The molecule has 1 saturated heterocycles. The highest BCUT2D eigenvalue weighted by molar-refractivity contribution is 6.76. The van der Waals surface area contributed by atoms with Crippen LogP contribution in [0.2, 0.25) is 30.7 Å². The summed E-state index contributed by atoms with van der Waals surface area (Å²) in [5.74, 6) is 1.94. The fourth-order valence-corrected chi connectivity index (χ4v) is 6.16. The number of morpholine rings is 1. The van der Waals surface area contributed by atoms with Gasteiger partial charge < -0.3 is 28.8 Å². The monoisotopic (exact) mass is 649 g/mol. The van der Waals surface area contributed by atoms with E-state index in [1.54, 1.807) is 23.1 Å². The first-order chi connectivity index (χ1) is 21.5. The Kier molecular flexibility index (Phi) is 8.77. The number of imidazole rings is 1. The number of amides is 1. The maximum absolute atomic E-state index is 11.3. The van der Waals surface area contributed by atoms with E-state index in [9.17, 15) is 9.90 Å². The Morgan fingerprint density at radius 3 is 2.78 bits per heavy atom. The number of nitrogens with zero attached hydrogens (tertiary/aromatic N) is 7. The molecule has 0 bridgehead atoms. The number of carboxylic acid groups (broad SMARTS) is 1. The molecule has 1 atom stereocenters. The molecular weight excluding hydrogens is 614 g/mol. The first-order valence-corrected chi connectivity index (χ1v) is 18.9. The molecule has 1 N–H and O–H groups in total. The third kappa shape index (κ3) is 7.11. The van der Waals surface area contributed by atoms with Gasteiger partial charge in [0.1, 0.15) is 34.6 Å². The number of hydrogen-bond donors (Lipinski definition) is 1. The molecule has 0 saturated carbocycles. The Labute approximate surface area is 266 Å². The highest BCUT2D eigenvalue weighted by Crippen LogP contribution is 2.36. The van der Waals surface area contributed by atoms with Crippen molar-refractivity contribution < 1.29 is 24.1 Å². The van der Waals surface area contributed by atoms with Gasteiger partial charge >= 0.3 is 6.09 Å². The Balaban J connectivity index is 1.19. The first kappa shape index (κ1) is 31.0. The van der Waals surface area contributed by atoms with Crippen molar-refractivity contribution in [3.05, 3.63) is 59.8 Å². The highest BCUT2D eigenvalue weighted by atomic mass is 35.5. The molecule has 1 unspecified atom stereocenters. The van der Waals surface area contributed by atoms with Gasteiger partial charge in [-0.25, -0.2) is 14.8 Å². The lowest BCUT2D eigenvalue weighted by atomic mass is 10.2. The minimum atomic E-state index is -1.18. The second-order valence-electron chi connectivity index (χ2n) is 12.4. The predicted molar refractivity (Wildman–Crippen MR) is 174 cm³/mol. The van der Waals surface area contributed by atoms with E-state index >= 15 is 0 Å². The fraction of sp³-hybridized carbons (Fsp3) is 0.387. The van der Waals surface area contributed by atoms with Crippen LogP contribution in [0.4, 0.5) is 4.79 Å². The second-order valence-corrected chi connectivity index (χ2v) is 18.4. The summed E-state index contributed by atoms with van der Waals surface area (Å²) < 4.78 is 21.8. The molecule has 1 aliphatic heterocycles. The van der Waals surface area contributed by atoms with E-state index < -0.39 is 14.2 Å². The SMILES string of the molecule is Cc1nc2ccc(Oc3ccc4ncc(-c5cnn(CC6CN(C(=O)O)CCO6)c5)nc4c3Cl)cc2n1COCC[Si](C)(C)C. The highest BCUT2D eigenvalue weighted by Gasteiger charge is 2.24. The topological polar surface area (TPSA) is 130 Å². The normalized spacial score (nSPS) is 15.7. The molecular formula is C31H36ClN7O5Si. The Hall–Kier alpha value is -4.04. The van der Waals surface area contributed by atoms with E-state index in [4.69, 9.17) is 30.8 Å². The number of rotatable bonds is 10. The van der Waals surface area contributed by atoms with E-state index in [-0.39, 0.29) is 6.10 Å². The summed E-state index contributed by atoms with van der Waals surface area (Å²) in [5, 5.41) is 14.1. The molecule has 5 aromatic rings. The Morgan fingerprint density at radius 1 is 1.16 bits per heavy atom. The van der Waals surface area contributed by atoms with Crippen molar-refractivity contribution in [2.75, 3.05) is 26.3 Å². The van der Waals surface area contributed by atoms with E-state index in [1.165, 1.54) is 4.90 Å². The largest absolute Gasteiger partial charge is 0.465 e. The molecule has 0 radical (unpaired) electrons. The van der Waals surface area contributed by atoms with Gasteiger partial charge in [0.2, 0.25) is 0 Å². The average Bonchev–Trinajstić information content (AvgIpc) is 3.59. The summed E-state index contributed by atoms with van der Waals surface area (Å²) in [6.07, 6.45) is 3.96. The zero-order valence-electron chi connectivity index (χ0n) is 25.7. The molecule has 3 aromatic heterocycles. The summed E-state index contributed by atoms with van der Waals surface area (Å²) in [6.45, 7) is 11.6. The van der Waals surface area contributed by atoms with Crippen molar-refractivity contribution in [2.45, 2.75) is 52.0 Å². The van der Waals surface area contributed by atoms with Crippen LogP contribution in [-0.4, -0.2) is 85.9 Å². The second kappa shape index (κ2) is 12.8. The summed E-state index contributed by atoms with van der Waals surface area (Å²) in [6, 6.07) is 10.5. The summed E-state index contributed by atoms with van der Waals surface area (Å²) in [7, 11) is -1.18. The minimum Gasteiger partial charge on any atom is -0.465 e. The number of hydrogen-bond acceptors (Lipinski definition) is 8. The van der Waals surface area contributed by atoms with Crippen molar-refractivity contribution in [3.63, 3.8) is 0 Å². The Morgan fingerprint density at radius 2 is 1.98 bits per heavy atom. The van der Waals surface area contributed by atoms with Gasteiger partial charge in [0.25, 0.3) is 0 Å². The predicted octanol–water partition coefficient (Wildman–Crippen LogP) is 6.29. The molecule has 14 heteroatoms. The van der Waals surface area contributed by atoms with Gasteiger partial charge in [-0.1, -0.05) is 31.2 Å². The van der Waals surface area contributed by atoms with E-state index in [0.29, 0.717) is 66.2 Å². The van der Waals surface area contributed by atoms with E-state index in [2.05, 4.69) is 39.3 Å². The van der Waals surface area contributed by atoms with Crippen LogP contribution in [-0.2, 0) is 22.7 Å². The maximum Gasteiger partial charge on any atom is 0.407 e. The number of aryl methyl sites for hydroxylation is 1. The quantitative estimate of drug-likeness (QED) is 0.137. The van der Waals surface area contributed by atoms with Gasteiger partial charge in [-0.2, -0.15) is 5.10 Å². The van der Waals surface area contributed by atoms with Crippen molar-refractivity contribution in [1.82, 2.24) is 34.2 Å². The van der Waals surface area contributed by atoms with Crippen LogP contribution < -0.4 is 4.74 Å². The molecule has 4 heterocycles. The zero-order valence-corrected chi connectivity index (χ0v) is 27.5. The van der Waals surface area contributed by atoms with Crippen molar-refractivity contribution in [1.29, 1.82) is 0 Å². The third-order valence-electron chi connectivity index (χ3n) is 7.70. The molecule has 0 aliphatic carbocycles. The number of carbonyl (C=O) groups is 1. The van der Waals surface area contributed by atoms with E-state index in [0.717, 1.165) is 35.1 Å². The number of ether oxygens (including phenoxy) is 3. The van der Waals surface area contributed by atoms with Crippen LogP contribution >= 0.6 is 11.6 Å². The minimum absolute atomic E-state index is 0.288. The first-order valence-electron chi connectivity index (χ1n) is 14.8. The zero-order chi connectivity index (χ0) is 31.7. The van der Waals surface area contributed by atoms with E-state index in [1.807, 2.05) is 37.4 Å². The van der Waals surface area contributed by atoms with Crippen LogP contribution in [0.25, 0.3) is 33.3 Å². The third-order valence-corrected chi connectivity index (χ3v) is 9.77. The Bertz CT molecular complexity index is 1850.